The lowest BCUT2D eigenvalue weighted by molar-refractivity contribution is -0.139. The van der Waals surface area contributed by atoms with E-state index in [-0.39, 0.29) is 0 Å². The molecule has 2 N–H and O–H groups in total. The molecule has 204 valence electrons. The number of amides is 1. The molecular weight excluding hydrogens is 542 g/mol. The summed E-state index contributed by atoms with van der Waals surface area (Å²) in [7, 11) is 0. The minimum absolute atomic E-state index is 0.352. The molecule has 0 aliphatic rings. The van der Waals surface area contributed by atoms with Gasteiger partial charge in [0.1, 0.15) is 17.5 Å². The summed E-state index contributed by atoms with van der Waals surface area (Å²) < 4.78 is 5.87. The van der Waals surface area contributed by atoms with Crippen molar-refractivity contribution >= 4 is 47.4 Å². The third-order valence-corrected chi connectivity index (χ3v) is 7.31. The molecule has 4 aromatic rings. The number of carboxylic acids is 1. The van der Waals surface area contributed by atoms with Crippen LogP contribution >= 0.6 is 23.4 Å². The van der Waals surface area contributed by atoms with Crippen molar-refractivity contribution in [2.45, 2.75) is 19.4 Å². The summed E-state index contributed by atoms with van der Waals surface area (Å²) in [5, 5.41) is 12.9. The van der Waals surface area contributed by atoms with Crippen LogP contribution in [-0.4, -0.2) is 35.0 Å². The average Bonchev–Trinajstić information content (AvgIpc) is 2.96. The average molecular weight is 572 g/mol. The van der Waals surface area contributed by atoms with Gasteiger partial charge in [-0.15, -0.1) is 0 Å². The topological polar surface area (TPSA) is 75.6 Å². The number of hydrogen-bond acceptors (Lipinski definition) is 4. The van der Waals surface area contributed by atoms with Gasteiger partial charge in [0.05, 0.1) is 5.02 Å². The standard InChI is InChI=1S/C33H30ClNO4S/c1-22-7-3-4-8-26(22)28-21-24(15-18-27(28)32(36)35-30(33(37)38)19-20-40-2)12-11-23-13-16-25(17-14-23)39-31-10-6-5-9-29(31)34/h3-18,21,30H,19-20H2,1-2H3,(H,35,36)(H,37,38)/b12-11+/t30-/m0/s1. The molecule has 0 radical (unpaired) electrons. The maximum atomic E-state index is 13.3. The quantitative estimate of drug-likeness (QED) is 0.177. The van der Waals surface area contributed by atoms with Gasteiger partial charge < -0.3 is 15.2 Å². The number of ether oxygens (including phenoxy) is 1. The highest BCUT2D eigenvalue weighted by Crippen LogP contribution is 2.30. The number of aryl methyl sites for hydroxylation is 1. The van der Waals surface area contributed by atoms with E-state index < -0.39 is 17.9 Å². The smallest absolute Gasteiger partial charge is 0.326 e. The molecular formula is C33H30ClNO4S. The number of nitrogens with one attached hydrogen (secondary N) is 1. The molecule has 0 heterocycles. The second-order valence-corrected chi connectivity index (χ2v) is 10.6. The Kier molecular flexibility index (Phi) is 10.1. The number of halogens is 1. The molecule has 4 rings (SSSR count). The number of benzene rings is 4. The number of carbonyl (C=O) groups excluding carboxylic acids is 1. The maximum Gasteiger partial charge on any atom is 0.326 e. The van der Waals surface area contributed by atoms with Gasteiger partial charge in [0.2, 0.25) is 0 Å². The van der Waals surface area contributed by atoms with Crippen LogP contribution < -0.4 is 10.1 Å². The van der Waals surface area contributed by atoms with Gasteiger partial charge in [0.15, 0.2) is 0 Å². The largest absolute Gasteiger partial charge is 0.480 e. The van der Waals surface area contributed by atoms with Gasteiger partial charge in [-0.1, -0.05) is 78.4 Å². The summed E-state index contributed by atoms with van der Waals surface area (Å²) in [6.07, 6.45) is 6.22. The molecule has 0 aliphatic carbocycles. The van der Waals surface area contributed by atoms with Crippen molar-refractivity contribution in [2.24, 2.45) is 0 Å². The molecule has 1 amide bonds. The number of rotatable bonds is 11. The van der Waals surface area contributed by atoms with Crippen LogP contribution in [0.25, 0.3) is 23.3 Å². The van der Waals surface area contributed by atoms with E-state index in [2.05, 4.69) is 5.32 Å². The van der Waals surface area contributed by atoms with Gasteiger partial charge in [-0.3, -0.25) is 4.79 Å². The fourth-order valence-corrected chi connectivity index (χ4v) is 4.83. The summed E-state index contributed by atoms with van der Waals surface area (Å²) in [5.74, 6) is 0.469. The molecule has 7 heteroatoms. The van der Waals surface area contributed by atoms with Crippen molar-refractivity contribution in [3.05, 3.63) is 118 Å². The second-order valence-electron chi connectivity index (χ2n) is 9.20. The van der Waals surface area contributed by atoms with Crippen molar-refractivity contribution in [3.8, 4) is 22.6 Å². The van der Waals surface area contributed by atoms with Gasteiger partial charge in [-0.2, -0.15) is 11.8 Å². The Hall–Kier alpha value is -4.00. The highest BCUT2D eigenvalue weighted by Gasteiger charge is 2.22. The minimum Gasteiger partial charge on any atom is -0.480 e. The lowest BCUT2D eigenvalue weighted by Gasteiger charge is -2.17. The van der Waals surface area contributed by atoms with Crippen LogP contribution in [0.5, 0.6) is 11.5 Å². The number of para-hydroxylation sites is 1. The van der Waals surface area contributed by atoms with Gasteiger partial charge in [-0.05, 0) is 89.6 Å². The molecule has 5 nitrogen and oxygen atoms in total. The first-order valence-corrected chi connectivity index (χ1v) is 14.6. The Morgan fingerprint density at radius 2 is 1.60 bits per heavy atom. The molecule has 0 aromatic heterocycles. The second kappa shape index (κ2) is 13.9. The SMILES string of the molecule is CSCC[C@H](NC(=O)c1ccc(/C=C/c2ccc(Oc3ccccc3Cl)cc2)cc1-c1ccccc1C)C(=O)O. The van der Waals surface area contributed by atoms with Gasteiger partial charge in [0.25, 0.3) is 5.91 Å². The Morgan fingerprint density at radius 3 is 2.30 bits per heavy atom. The molecule has 0 spiro atoms. The van der Waals surface area contributed by atoms with E-state index in [1.54, 1.807) is 23.9 Å². The van der Waals surface area contributed by atoms with Gasteiger partial charge in [0, 0.05) is 5.56 Å². The molecule has 1 atom stereocenters. The summed E-state index contributed by atoms with van der Waals surface area (Å²) in [4.78, 5) is 25.0. The van der Waals surface area contributed by atoms with E-state index in [4.69, 9.17) is 16.3 Å². The van der Waals surface area contributed by atoms with Crippen LogP contribution in [0.1, 0.15) is 33.5 Å². The number of hydrogen-bond donors (Lipinski definition) is 2. The van der Waals surface area contributed by atoms with Crippen LogP contribution in [0.3, 0.4) is 0 Å². The third kappa shape index (κ3) is 7.56. The van der Waals surface area contributed by atoms with Crippen LogP contribution in [0.4, 0.5) is 0 Å². The van der Waals surface area contributed by atoms with Crippen molar-refractivity contribution in [2.75, 3.05) is 12.0 Å². The van der Waals surface area contributed by atoms with E-state index in [9.17, 15) is 14.7 Å². The zero-order valence-corrected chi connectivity index (χ0v) is 23.8. The molecule has 0 saturated heterocycles. The lowest BCUT2D eigenvalue weighted by atomic mass is 9.93. The Bertz CT molecular complexity index is 1520. The van der Waals surface area contributed by atoms with E-state index in [0.29, 0.717) is 34.3 Å². The van der Waals surface area contributed by atoms with Crippen LogP contribution in [0.2, 0.25) is 5.02 Å². The van der Waals surface area contributed by atoms with Crippen LogP contribution in [0.15, 0.2) is 91.0 Å². The van der Waals surface area contributed by atoms with Crippen molar-refractivity contribution in [1.82, 2.24) is 5.32 Å². The number of aliphatic carboxylic acids is 1. The monoisotopic (exact) mass is 571 g/mol. The normalized spacial score (nSPS) is 11.8. The molecule has 0 unspecified atom stereocenters. The molecule has 0 fully saturated rings. The Balaban J connectivity index is 1.58. The highest BCUT2D eigenvalue weighted by atomic mass is 35.5. The van der Waals surface area contributed by atoms with Crippen LogP contribution in [0, 0.1) is 6.92 Å². The first-order valence-electron chi connectivity index (χ1n) is 12.8. The summed E-state index contributed by atoms with van der Waals surface area (Å²) in [5.41, 5.74) is 4.99. The Morgan fingerprint density at radius 1 is 0.925 bits per heavy atom. The number of carboxylic acid groups (broad SMARTS) is 1. The summed E-state index contributed by atoms with van der Waals surface area (Å²) in [6, 6.07) is 27.4. The molecule has 40 heavy (non-hydrogen) atoms. The zero-order valence-electron chi connectivity index (χ0n) is 22.3. The molecule has 4 aromatic carbocycles. The summed E-state index contributed by atoms with van der Waals surface area (Å²) in [6.45, 7) is 1.99. The fraction of sp³-hybridized carbons (Fsp3) is 0.152. The predicted molar refractivity (Wildman–Crippen MR) is 165 cm³/mol. The van der Waals surface area contributed by atoms with Crippen LogP contribution in [-0.2, 0) is 4.79 Å². The maximum absolute atomic E-state index is 13.3. The van der Waals surface area contributed by atoms with Crippen molar-refractivity contribution in [3.63, 3.8) is 0 Å². The van der Waals surface area contributed by atoms with E-state index in [0.717, 1.165) is 27.8 Å². The Labute approximate surface area is 243 Å². The zero-order chi connectivity index (χ0) is 28.5. The van der Waals surface area contributed by atoms with E-state index in [1.165, 1.54) is 0 Å². The third-order valence-electron chi connectivity index (χ3n) is 6.35. The fourth-order valence-electron chi connectivity index (χ4n) is 4.18. The first kappa shape index (κ1) is 29.0. The van der Waals surface area contributed by atoms with Crippen molar-refractivity contribution in [1.29, 1.82) is 0 Å². The summed E-state index contributed by atoms with van der Waals surface area (Å²) >= 11 is 7.74. The van der Waals surface area contributed by atoms with E-state index >= 15 is 0 Å². The predicted octanol–water partition coefficient (Wildman–Crippen LogP) is 8.21. The molecule has 0 aliphatic heterocycles. The molecule has 0 saturated carbocycles. The molecule has 0 bridgehead atoms. The van der Waals surface area contributed by atoms with Crippen molar-refractivity contribution < 1.29 is 19.4 Å². The number of carbonyl (C=O) groups is 2. The first-order chi connectivity index (χ1) is 19.4. The number of thioether (sulfide) groups is 1. The highest BCUT2D eigenvalue weighted by molar-refractivity contribution is 7.98. The van der Waals surface area contributed by atoms with E-state index in [1.807, 2.05) is 104 Å². The van der Waals surface area contributed by atoms with Gasteiger partial charge >= 0.3 is 5.97 Å². The minimum atomic E-state index is -1.04. The lowest BCUT2D eigenvalue weighted by Crippen LogP contribution is -2.41. The van der Waals surface area contributed by atoms with Gasteiger partial charge in [-0.25, -0.2) is 4.79 Å².